The van der Waals surface area contributed by atoms with Crippen molar-refractivity contribution in [1.82, 2.24) is 10.2 Å². The van der Waals surface area contributed by atoms with Crippen molar-refractivity contribution >= 4 is 11.8 Å². The number of nitrogens with zero attached hydrogens (tertiary/aromatic N) is 1. The van der Waals surface area contributed by atoms with Crippen molar-refractivity contribution in [3.63, 3.8) is 0 Å². The summed E-state index contributed by atoms with van der Waals surface area (Å²) in [7, 11) is 1.59. The van der Waals surface area contributed by atoms with Crippen LogP contribution in [-0.2, 0) is 16.1 Å². The van der Waals surface area contributed by atoms with Crippen LogP contribution < -0.4 is 14.8 Å². The zero-order chi connectivity index (χ0) is 22.9. The maximum atomic E-state index is 13.9. The number of rotatable bonds is 10. The normalized spacial score (nSPS) is 14.6. The molecule has 3 rings (SSSR count). The topological polar surface area (TPSA) is 67.9 Å². The second kappa shape index (κ2) is 11.5. The molecule has 0 aromatic heterocycles. The lowest BCUT2D eigenvalue weighted by Gasteiger charge is -2.31. The summed E-state index contributed by atoms with van der Waals surface area (Å²) < 4.78 is 24.6. The first-order chi connectivity index (χ1) is 15.5. The summed E-state index contributed by atoms with van der Waals surface area (Å²) in [5.74, 6) is -0.355. The van der Waals surface area contributed by atoms with E-state index in [2.05, 4.69) is 5.32 Å². The predicted octanol–water partition coefficient (Wildman–Crippen LogP) is 4.08. The first kappa shape index (κ1) is 23.6. The molecule has 2 amide bonds. The molecule has 1 saturated carbocycles. The van der Waals surface area contributed by atoms with Gasteiger partial charge >= 0.3 is 0 Å². The summed E-state index contributed by atoms with van der Waals surface area (Å²) in [6, 6.07) is 12.8. The van der Waals surface area contributed by atoms with Crippen molar-refractivity contribution in [2.75, 3.05) is 13.7 Å². The zero-order valence-corrected chi connectivity index (χ0v) is 18.7. The first-order valence-electron chi connectivity index (χ1n) is 11.1. The zero-order valence-electron chi connectivity index (χ0n) is 18.7. The molecule has 0 spiro atoms. The monoisotopic (exact) mass is 442 g/mol. The van der Waals surface area contributed by atoms with Gasteiger partial charge in [-0.15, -0.1) is 0 Å². The minimum Gasteiger partial charge on any atom is -0.497 e. The van der Waals surface area contributed by atoms with E-state index in [0.29, 0.717) is 12.2 Å². The molecule has 1 fully saturated rings. The lowest BCUT2D eigenvalue weighted by Crippen LogP contribution is -2.52. The van der Waals surface area contributed by atoms with Crippen LogP contribution in [0.15, 0.2) is 48.5 Å². The van der Waals surface area contributed by atoms with Crippen LogP contribution in [0.4, 0.5) is 4.39 Å². The standard InChI is InChI=1S/C25H31FN2O4/c1-3-22(25(30)27-19-8-4-5-9-19)28(16-18-12-14-20(31-2)15-13-18)24(29)17-32-23-11-7-6-10-21(23)26/h6-7,10-15,19,22H,3-5,8-9,16-17H2,1-2H3,(H,27,30)/t22-/m0/s1. The molecule has 0 unspecified atom stereocenters. The Hall–Kier alpha value is -3.09. The van der Waals surface area contributed by atoms with Gasteiger partial charge in [0, 0.05) is 12.6 Å². The number of amides is 2. The number of hydrogen-bond donors (Lipinski definition) is 1. The Bertz CT molecular complexity index is 897. The van der Waals surface area contributed by atoms with Gasteiger partial charge in [-0.05, 0) is 49.1 Å². The Balaban J connectivity index is 1.76. The second-order valence-corrected chi connectivity index (χ2v) is 8.00. The van der Waals surface area contributed by atoms with Gasteiger partial charge in [-0.1, -0.05) is 44.0 Å². The summed E-state index contributed by atoms with van der Waals surface area (Å²) in [6.07, 6.45) is 4.59. The summed E-state index contributed by atoms with van der Waals surface area (Å²) in [5, 5.41) is 3.10. The van der Waals surface area contributed by atoms with Gasteiger partial charge in [-0.25, -0.2) is 4.39 Å². The first-order valence-corrected chi connectivity index (χ1v) is 11.1. The number of hydrogen-bond acceptors (Lipinski definition) is 4. The summed E-state index contributed by atoms with van der Waals surface area (Å²) in [4.78, 5) is 27.8. The van der Waals surface area contributed by atoms with E-state index >= 15 is 0 Å². The number of carbonyl (C=O) groups is 2. The third kappa shape index (κ3) is 6.22. The fourth-order valence-electron chi connectivity index (χ4n) is 4.00. The molecule has 0 heterocycles. The predicted molar refractivity (Wildman–Crippen MR) is 120 cm³/mol. The van der Waals surface area contributed by atoms with E-state index in [-0.39, 0.29) is 36.8 Å². The minimum absolute atomic E-state index is 0.00806. The van der Waals surface area contributed by atoms with Crippen LogP contribution in [0.2, 0.25) is 0 Å². The van der Waals surface area contributed by atoms with E-state index in [9.17, 15) is 14.0 Å². The van der Waals surface area contributed by atoms with Crippen molar-refractivity contribution < 1.29 is 23.5 Å². The average Bonchev–Trinajstić information content (AvgIpc) is 3.31. The van der Waals surface area contributed by atoms with Gasteiger partial charge in [-0.2, -0.15) is 0 Å². The van der Waals surface area contributed by atoms with Crippen molar-refractivity contribution in [1.29, 1.82) is 0 Å². The van der Waals surface area contributed by atoms with Crippen LogP contribution >= 0.6 is 0 Å². The number of benzene rings is 2. The number of halogens is 1. The Morgan fingerprint density at radius 3 is 2.44 bits per heavy atom. The Kier molecular flexibility index (Phi) is 8.48. The fraction of sp³-hybridized carbons (Fsp3) is 0.440. The fourth-order valence-corrected chi connectivity index (χ4v) is 4.00. The average molecular weight is 443 g/mol. The molecular formula is C25H31FN2O4. The molecule has 0 aliphatic heterocycles. The Labute approximate surface area is 188 Å². The van der Waals surface area contributed by atoms with E-state index in [1.54, 1.807) is 19.2 Å². The highest BCUT2D eigenvalue weighted by Gasteiger charge is 2.31. The van der Waals surface area contributed by atoms with E-state index in [0.717, 1.165) is 31.2 Å². The summed E-state index contributed by atoms with van der Waals surface area (Å²) in [5.41, 5.74) is 0.858. The molecule has 1 N–H and O–H groups in total. The molecule has 1 aliphatic carbocycles. The van der Waals surface area contributed by atoms with Crippen LogP contribution in [0.1, 0.15) is 44.6 Å². The molecule has 0 bridgehead atoms. The van der Waals surface area contributed by atoms with Crippen molar-refractivity contribution in [3.8, 4) is 11.5 Å². The van der Waals surface area contributed by atoms with Crippen molar-refractivity contribution in [3.05, 3.63) is 59.9 Å². The molecule has 6 nitrogen and oxygen atoms in total. The molecule has 7 heteroatoms. The lowest BCUT2D eigenvalue weighted by atomic mass is 10.1. The highest BCUT2D eigenvalue weighted by atomic mass is 19.1. The number of ether oxygens (including phenoxy) is 2. The van der Waals surface area contributed by atoms with Crippen LogP contribution in [-0.4, -0.2) is 42.5 Å². The van der Waals surface area contributed by atoms with Gasteiger partial charge in [0.15, 0.2) is 18.2 Å². The van der Waals surface area contributed by atoms with Crippen molar-refractivity contribution in [2.45, 2.75) is 57.7 Å². The molecule has 32 heavy (non-hydrogen) atoms. The van der Waals surface area contributed by atoms with Gasteiger partial charge in [0.1, 0.15) is 11.8 Å². The van der Waals surface area contributed by atoms with Crippen molar-refractivity contribution in [2.24, 2.45) is 0 Å². The molecule has 0 saturated heterocycles. The second-order valence-electron chi connectivity index (χ2n) is 8.00. The minimum atomic E-state index is -0.644. The molecule has 2 aromatic rings. The molecular weight excluding hydrogens is 411 g/mol. The summed E-state index contributed by atoms with van der Waals surface area (Å²) >= 11 is 0. The Morgan fingerprint density at radius 1 is 1.12 bits per heavy atom. The van der Waals surface area contributed by atoms with Crippen LogP contribution in [0, 0.1) is 5.82 Å². The summed E-state index contributed by atoms with van der Waals surface area (Å²) in [6.45, 7) is 1.76. The molecule has 1 aliphatic rings. The van der Waals surface area contributed by atoms with Gasteiger partial charge in [0.05, 0.1) is 7.11 Å². The van der Waals surface area contributed by atoms with Gasteiger partial charge in [-0.3, -0.25) is 9.59 Å². The Morgan fingerprint density at radius 2 is 1.81 bits per heavy atom. The van der Waals surface area contributed by atoms with Gasteiger partial charge < -0.3 is 19.7 Å². The molecule has 1 atom stereocenters. The third-order valence-corrected chi connectivity index (χ3v) is 5.79. The van der Waals surface area contributed by atoms with E-state index in [1.165, 1.54) is 17.0 Å². The van der Waals surface area contributed by atoms with Crippen LogP contribution in [0.5, 0.6) is 11.5 Å². The highest BCUT2D eigenvalue weighted by Crippen LogP contribution is 2.21. The molecule has 0 radical (unpaired) electrons. The van der Waals surface area contributed by atoms with Gasteiger partial charge in [0.2, 0.25) is 5.91 Å². The number of nitrogens with one attached hydrogen (secondary N) is 1. The van der Waals surface area contributed by atoms with Crippen LogP contribution in [0.25, 0.3) is 0 Å². The third-order valence-electron chi connectivity index (χ3n) is 5.79. The molecule has 172 valence electrons. The maximum Gasteiger partial charge on any atom is 0.261 e. The van der Waals surface area contributed by atoms with E-state index in [4.69, 9.17) is 9.47 Å². The maximum absolute atomic E-state index is 13.9. The number of methoxy groups -OCH3 is 1. The largest absolute Gasteiger partial charge is 0.497 e. The number of para-hydroxylation sites is 1. The van der Waals surface area contributed by atoms with Crippen LogP contribution in [0.3, 0.4) is 0 Å². The van der Waals surface area contributed by atoms with E-state index in [1.807, 2.05) is 31.2 Å². The molecule has 2 aromatic carbocycles. The van der Waals surface area contributed by atoms with Gasteiger partial charge in [0.25, 0.3) is 5.91 Å². The quantitative estimate of drug-likeness (QED) is 0.602. The highest BCUT2D eigenvalue weighted by molar-refractivity contribution is 5.88. The SMILES string of the molecule is CC[C@@H](C(=O)NC1CCCC1)N(Cc1ccc(OC)cc1)C(=O)COc1ccccc1F. The van der Waals surface area contributed by atoms with E-state index < -0.39 is 11.9 Å². The smallest absolute Gasteiger partial charge is 0.261 e. The lowest BCUT2D eigenvalue weighted by molar-refractivity contribution is -0.143. The number of carbonyl (C=O) groups excluding carboxylic acids is 2.